The van der Waals surface area contributed by atoms with E-state index in [-0.39, 0.29) is 5.75 Å². The minimum Gasteiger partial charge on any atom is -0.322 e. The summed E-state index contributed by atoms with van der Waals surface area (Å²) in [6.07, 6.45) is -2.27. The number of rotatable bonds is 8. The van der Waals surface area contributed by atoms with Crippen molar-refractivity contribution in [2.24, 2.45) is 0 Å². The molecule has 0 N–H and O–H groups in total. The summed E-state index contributed by atoms with van der Waals surface area (Å²) in [7, 11) is 0. The van der Waals surface area contributed by atoms with Gasteiger partial charge in [0.1, 0.15) is 0 Å². The van der Waals surface area contributed by atoms with Gasteiger partial charge in [0.2, 0.25) is 5.69 Å². The molecule has 0 saturated carbocycles. The van der Waals surface area contributed by atoms with Crippen LogP contribution in [0.3, 0.4) is 0 Å². The van der Waals surface area contributed by atoms with Gasteiger partial charge in [0.25, 0.3) is 6.43 Å². The lowest BCUT2D eigenvalue weighted by molar-refractivity contribution is 0.159. The van der Waals surface area contributed by atoms with E-state index in [2.05, 4.69) is 0 Å². The maximum Gasteiger partial charge on any atom is 0.289 e. The van der Waals surface area contributed by atoms with Gasteiger partial charge in [-0.1, -0.05) is 11.4 Å². The second-order valence-electron chi connectivity index (χ2n) is 2.47. The summed E-state index contributed by atoms with van der Waals surface area (Å²) in [6, 6.07) is 0. The van der Waals surface area contributed by atoms with Gasteiger partial charge in [-0.2, -0.15) is 0 Å². The van der Waals surface area contributed by atoms with Crippen molar-refractivity contribution >= 4 is 28.9 Å². The molecule has 0 aromatic rings. The van der Waals surface area contributed by atoms with E-state index in [4.69, 9.17) is 20.9 Å². The maximum atomic E-state index is 12.5. The van der Waals surface area contributed by atoms with Crippen molar-refractivity contribution in [1.82, 2.24) is 0 Å². The second-order valence-corrected chi connectivity index (χ2v) is 8.82. The Bertz CT molecular complexity index is 264. The summed E-state index contributed by atoms with van der Waals surface area (Å²) < 4.78 is 46.6. The molecule has 0 aliphatic rings. The Labute approximate surface area is 102 Å². The molecule has 0 amide bonds. The third kappa shape index (κ3) is 6.91. The molecule has 0 unspecified atom stereocenters. The molecule has 96 valence electrons. The lowest BCUT2D eigenvalue weighted by atomic mass is 10.5. The number of hydrogen-bond donors (Lipinski definition) is 0. The van der Waals surface area contributed by atoms with Crippen molar-refractivity contribution in [2.75, 3.05) is 19.0 Å². The van der Waals surface area contributed by atoms with E-state index in [0.717, 1.165) is 17.5 Å². The average Bonchev–Trinajstić information content (AvgIpc) is 2.17. The van der Waals surface area contributed by atoms with Gasteiger partial charge in [-0.25, -0.2) is 13.2 Å². The third-order valence-corrected chi connectivity index (χ3v) is 6.68. The first-order valence-corrected chi connectivity index (χ1v) is 8.85. The van der Waals surface area contributed by atoms with Crippen molar-refractivity contribution < 1.29 is 22.2 Å². The van der Waals surface area contributed by atoms with E-state index in [1.165, 1.54) is 0 Å². The highest BCUT2D eigenvalue weighted by Crippen LogP contribution is 2.60. The molecular weight excluding hydrogens is 280 g/mol. The minimum absolute atomic E-state index is 0.0213. The monoisotopic (exact) mass is 294 g/mol. The molecule has 0 aliphatic carbocycles. The Balaban J connectivity index is 4.23. The number of allylic oxidation sites excluding steroid dienone is 1. The lowest BCUT2D eigenvalue weighted by Crippen LogP contribution is -1.94. The van der Waals surface area contributed by atoms with Crippen LogP contribution in [0, 0.1) is 0 Å². The summed E-state index contributed by atoms with van der Waals surface area (Å²) >= 11 is 6.16. The predicted octanol–water partition coefficient (Wildman–Crippen LogP) is 4.14. The van der Waals surface area contributed by atoms with Crippen molar-refractivity contribution in [3.8, 4) is 0 Å². The van der Waals surface area contributed by atoms with E-state index in [9.17, 15) is 13.2 Å². The van der Waals surface area contributed by atoms with Gasteiger partial charge in [-0.15, -0.1) is 0 Å². The highest BCUT2D eigenvalue weighted by Gasteiger charge is 2.18. The van der Waals surface area contributed by atoms with Crippen LogP contribution in [-0.4, -0.2) is 25.4 Å². The molecule has 0 aliphatic heterocycles. The van der Waals surface area contributed by atoms with Gasteiger partial charge in [-0.05, 0) is 31.7 Å². The molecule has 0 fully saturated rings. The highest BCUT2D eigenvalue weighted by atomic mass is 32.9. The smallest absolute Gasteiger partial charge is 0.289 e. The van der Waals surface area contributed by atoms with Crippen LogP contribution in [0.25, 0.3) is 0 Å². The summed E-state index contributed by atoms with van der Waals surface area (Å²) in [4.78, 5) is 0. The molecule has 0 rings (SSSR count). The van der Waals surface area contributed by atoms with Crippen molar-refractivity contribution in [3.05, 3.63) is 11.9 Å². The Morgan fingerprint density at radius 1 is 1.38 bits per heavy atom. The molecule has 0 atom stereocenters. The largest absolute Gasteiger partial charge is 0.322 e. The van der Waals surface area contributed by atoms with Crippen LogP contribution in [0.5, 0.6) is 0 Å². The van der Waals surface area contributed by atoms with Crippen LogP contribution < -0.4 is 0 Å². The van der Waals surface area contributed by atoms with Gasteiger partial charge < -0.3 is 9.05 Å². The van der Waals surface area contributed by atoms with Gasteiger partial charge in [0.15, 0.2) is 5.83 Å². The van der Waals surface area contributed by atoms with Gasteiger partial charge in [0.05, 0.1) is 13.2 Å². The van der Waals surface area contributed by atoms with Crippen LogP contribution >= 0.6 is 17.1 Å². The Hall–Kier alpha value is 0.450. The molecule has 0 spiro atoms. The van der Waals surface area contributed by atoms with E-state index in [1.807, 2.05) is 0 Å². The van der Waals surface area contributed by atoms with Crippen LogP contribution in [0.4, 0.5) is 13.2 Å². The van der Waals surface area contributed by atoms with Gasteiger partial charge in [-0.3, -0.25) is 0 Å². The van der Waals surface area contributed by atoms with E-state index in [1.54, 1.807) is 13.8 Å². The minimum atomic E-state index is -3.07. The molecule has 16 heavy (non-hydrogen) atoms. The zero-order valence-electron chi connectivity index (χ0n) is 8.99. The fourth-order valence-electron chi connectivity index (χ4n) is 0.725. The first-order chi connectivity index (χ1) is 7.45. The first kappa shape index (κ1) is 16.4. The summed E-state index contributed by atoms with van der Waals surface area (Å²) in [6.45, 7) is 4.28. The van der Waals surface area contributed by atoms with Crippen LogP contribution in [0.15, 0.2) is 11.9 Å². The number of hydrogen-bond acceptors (Lipinski definition) is 4. The molecule has 0 heterocycles. The topological polar surface area (TPSA) is 18.5 Å². The first-order valence-electron chi connectivity index (χ1n) is 4.62. The zero-order chi connectivity index (χ0) is 12.6. The second kappa shape index (κ2) is 8.53. The lowest BCUT2D eigenvalue weighted by Gasteiger charge is -2.19. The molecule has 2 nitrogen and oxygen atoms in total. The number of halogens is 3. The SMILES string of the molecule is CCOP(=S)(OCC)SCC=C(F)C(F)F. The van der Waals surface area contributed by atoms with Crippen LogP contribution in [0.1, 0.15) is 13.8 Å². The van der Waals surface area contributed by atoms with Crippen molar-refractivity contribution in [1.29, 1.82) is 0 Å². The molecule has 8 heteroatoms. The maximum absolute atomic E-state index is 12.5. The van der Waals surface area contributed by atoms with Crippen LogP contribution in [-0.2, 0) is 20.9 Å². The average molecular weight is 294 g/mol. The molecule has 0 aromatic carbocycles. The van der Waals surface area contributed by atoms with Crippen molar-refractivity contribution in [3.63, 3.8) is 0 Å². The van der Waals surface area contributed by atoms with E-state index in [0.29, 0.717) is 13.2 Å². The van der Waals surface area contributed by atoms with Crippen molar-refractivity contribution in [2.45, 2.75) is 20.3 Å². The zero-order valence-corrected chi connectivity index (χ0v) is 11.5. The summed E-state index contributed by atoms with van der Waals surface area (Å²) in [5, 5.41) is 0. The summed E-state index contributed by atoms with van der Waals surface area (Å²) in [5.41, 5.74) is -2.51. The Morgan fingerprint density at radius 3 is 2.25 bits per heavy atom. The fraction of sp³-hybridized carbons (Fsp3) is 0.750. The third-order valence-electron chi connectivity index (χ3n) is 1.29. The Kier molecular flexibility index (Phi) is 8.77. The normalized spacial score (nSPS) is 13.5. The van der Waals surface area contributed by atoms with E-state index >= 15 is 0 Å². The molecule has 0 bridgehead atoms. The van der Waals surface area contributed by atoms with Crippen LogP contribution in [0.2, 0.25) is 0 Å². The standard InChI is InChI=1S/C8H14F3O2PS2/c1-3-12-14(15,13-4-2)16-6-5-7(9)8(10)11/h5,8H,3-4,6H2,1-2H3. The summed E-state index contributed by atoms with van der Waals surface area (Å²) in [5.74, 6) is -1.42. The van der Waals surface area contributed by atoms with E-state index < -0.39 is 17.9 Å². The Morgan fingerprint density at radius 2 is 1.88 bits per heavy atom. The molecule has 0 aromatic heterocycles. The molecule has 0 saturated heterocycles. The molecular formula is C8H14F3O2PS2. The van der Waals surface area contributed by atoms with Gasteiger partial charge >= 0.3 is 0 Å². The van der Waals surface area contributed by atoms with Gasteiger partial charge in [0, 0.05) is 5.75 Å². The fourth-order valence-corrected chi connectivity index (χ4v) is 5.03. The highest BCUT2D eigenvalue weighted by molar-refractivity contribution is 8.67. The molecule has 0 radical (unpaired) electrons. The quantitative estimate of drug-likeness (QED) is 0.626. The predicted molar refractivity (Wildman–Crippen MR) is 65.2 cm³/mol. The number of alkyl halides is 2.